The first-order valence-corrected chi connectivity index (χ1v) is 13.4. The summed E-state index contributed by atoms with van der Waals surface area (Å²) in [5.74, 6) is -0.738. The van der Waals surface area contributed by atoms with Gasteiger partial charge in [-0.25, -0.2) is 18.3 Å². The lowest BCUT2D eigenvalue weighted by molar-refractivity contribution is -0.0233. The van der Waals surface area contributed by atoms with Crippen molar-refractivity contribution in [3.63, 3.8) is 0 Å². The smallest absolute Gasteiger partial charge is 0.258 e. The largest absolute Gasteiger partial charge is 0.486 e. The van der Waals surface area contributed by atoms with Gasteiger partial charge in [0.05, 0.1) is 35.1 Å². The third-order valence-electron chi connectivity index (χ3n) is 8.12. The molecule has 7 nitrogen and oxygen atoms in total. The first kappa shape index (κ1) is 24.6. The molecule has 2 saturated heterocycles. The zero-order chi connectivity index (χ0) is 25.8. The number of halogens is 3. The average molecular weight is 530 g/mol. The van der Waals surface area contributed by atoms with E-state index in [1.54, 1.807) is 15.6 Å². The third-order valence-corrected chi connectivity index (χ3v) is 8.49. The Balaban J connectivity index is 1.22. The second-order valence-corrected chi connectivity index (χ2v) is 10.8. The fraction of sp³-hybridized carbons (Fsp3) is 0.519. The molecule has 1 aromatic carbocycles. The number of carbonyl (C=O) groups is 1. The molecule has 0 spiro atoms. The van der Waals surface area contributed by atoms with E-state index in [0.29, 0.717) is 23.6 Å². The number of ether oxygens (including phenoxy) is 1. The molecule has 6 rings (SSSR count). The van der Waals surface area contributed by atoms with Crippen molar-refractivity contribution in [2.45, 2.75) is 83.4 Å². The monoisotopic (exact) mass is 529 g/mol. The molecule has 3 aliphatic rings. The van der Waals surface area contributed by atoms with Gasteiger partial charge in [0.1, 0.15) is 17.7 Å². The fourth-order valence-electron chi connectivity index (χ4n) is 6.14. The molecule has 1 amide bonds. The summed E-state index contributed by atoms with van der Waals surface area (Å²) in [6.07, 6.45) is 4.07. The molecule has 0 saturated carbocycles. The number of piperidine rings is 1. The van der Waals surface area contributed by atoms with Crippen LogP contribution in [0.1, 0.15) is 66.3 Å². The number of hydrogen-bond acceptors (Lipinski definition) is 5. The predicted octanol–water partition coefficient (Wildman–Crippen LogP) is 5.11. The van der Waals surface area contributed by atoms with E-state index in [9.17, 15) is 9.18 Å². The van der Waals surface area contributed by atoms with Crippen LogP contribution < -0.4 is 4.74 Å². The summed E-state index contributed by atoms with van der Waals surface area (Å²) in [6, 6.07) is 3.94. The minimum absolute atomic E-state index is 0.0959. The Labute approximate surface area is 219 Å². The van der Waals surface area contributed by atoms with E-state index in [2.05, 4.69) is 21.9 Å². The molecule has 3 aromatic rings. The topological polar surface area (TPSA) is 63.0 Å². The molecule has 37 heavy (non-hydrogen) atoms. The third kappa shape index (κ3) is 4.16. The lowest BCUT2D eigenvalue weighted by Crippen LogP contribution is -2.54. The molecule has 0 radical (unpaired) electrons. The van der Waals surface area contributed by atoms with Crippen LogP contribution in [0.3, 0.4) is 0 Å². The summed E-state index contributed by atoms with van der Waals surface area (Å²) in [5, 5.41) is 5.12. The molecular weight excluding hydrogens is 500 g/mol. The van der Waals surface area contributed by atoms with E-state index in [0.717, 1.165) is 49.2 Å². The van der Waals surface area contributed by atoms with E-state index in [-0.39, 0.29) is 35.8 Å². The molecule has 5 heterocycles. The Morgan fingerprint density at radius 1 is 1.27 bits per heavy atom. The zero-order valence-corrected chi connectivity index (χ0v) is 21.7. The molecular formula is C27H30ClF2N5O2. The highest BCUT2D eigenvalue weighted by Crippen LogP contribution is 2.40. The van der Waals surface area contributed by atoms with Crippen molar-refractivity contribution in [2.24, 2.45) is 0 Å². The first-order chi connectivity index (χ1) is 17.9. The highest BCUT2D eigenvalue weighted by Gasteiger charge is 2.48. The molecule has 3 aliphatic heterocycles. The van der Waals surface area contributed by atoms with Gasteiger partial charge in [-0.1, -0.05) is 24.9 Å². The van der Waals surface area contributed by atoms with Crippen molar-refractivity contribution < 1.29 is 18.3 Å². The molecule has 4 atom stereocenters. The molecule has 0 aliphatic carbocycles. The number of aromatic nitrogens is 3. The van der Waals surface area contributed by atoms with Gasteiger partial charge in [0, 0.05) is 36.3 Å². The van der Waals surface area contributed by atoms with Crippen LogP contribution in [0.4, 0.5) is 8.78 Å². The van der Waals surface area contributed by atoms with E-state index in [1.165, 1.54) is 18.2 Å². The second-order valence-electron chi connectivity index (χ2n) is 10.4. The number of alkyl halides is 1. The van der Waals surface area contributed by atoms with Gasteiger partial charge >= 0.3 is 0 Å². The number of rotatable bonds is 6. The maximum atomic E-state index is 15.6. The quantitative estimate of drug-likeness (QED) is 0.444. The zero-order valence-electron chi connectivity index (χ0n) is 21.0. The van der Waals surface area contributed by atoms with E-state index in [4.69, 9.17) is 16.3 Å². The SMILES string of the molecule is CCCCN1[C@H]2CC[C@H]1C(F)[C@H](Oc1cc(F)ccc1C(=O)N1Cc3nn4c(C)c(Cl)cnc4c3C1)C2. The van der Waals surface area contributed by atoms with Crippen LogP contribution in [0.25, 0.3) is 5.65 Å². The number of unbranched alkanes of at least 4 members (excludes halogenated alkanes) is 1. The number of nitrogens with zero attached hydrogens (tertiary/aromatic N) is 5. The molecule has 2 fully saturated rings. The maximum absolute atomic E-state index is 15.6. The predicted molar refractivity (Wildman–Crippen MR) is 135 cm³/mol. The van der Waals surface area contributed by atoms with Gasteiger partial charge < -0.3 is 9.64 Å². The number of carbonyl (C=O) groups excluding carboxylic acids is 1. The Kier molecular flexibility index (Phi) is 6.31. The summed E-state index contributed by atoms with van der Waals surface area (Å²) in [4.78, 5) is 21.9. The van der Waals surface area contributed by atoms with Gasteiger partial charge in [-0.05, 0) is 44.9 Å². The number of aryl methyl sites for hydroxylation is 1. The van der Waals surface area contributed by atoms with E-state index < -0.39 is 18.1 Å². The summed E-state index contributed by atoms with van der Waals surface area (Å²) < 4.78 is 37.7. The van der Waals surface area contributed by atoms with E-state index in [1.807, 2.05) is 6.92 Å². The summed E-state index contributed by atoms with van der Waals surface area (Å²) in [6.45, 7) is 5.49. The number of benzene rings is 1. The average Bonchev–Trinajstić information content (AvgIpc) is 3.54. The summed E-state index contributed by atoms with van der Waals surface area (Å²) in [7, 11) is 0. The van der Waals surface area contributed by atoms with Gasteiger partial charge in [-0.15, -0.1) is 0 Å². The van der Waals surface area contributed by atoms with Gasteiger partial charge in [0.25, 0.3) is 5.91 Å². The van der Waals surface area contributed by atoms with Crippen LogP contribution in [0.5, 0.6) is 5.75 Å². The Morgan fingerprint density at radius 2 is 2.11 bits per heavy atom. The van der Waals surface area contributed by atoms with E-state index >= 15 is 4.39 Å². The van der Waals surface area contributed by atoms with Gasteiger partial charge in [0.15, 0.2) is 11.8 Å². The lowest BCUT2D eigenvalue weighted by Gasteiger charge is -2.41. The lowest BCUT2D eigenvalue weighted by atomic mass is 9.97. The van der Waals surface area contributed by atoms with Crippen LogP contribution in [0, 0.1) is 12.7 Å². The van der Waals surface area contributed by atoms with Crippen molar-refractivity contribution in [1.29, 1.82) is 0 Å². The normalized spacial score (nSPS) is 25.2. The number of amides is 1. The number of fused-ring (bicyclic) bond motifs is 5. The Bertz CT molecular complexity index is 1360. The second kappa shape index (κ2) is 9.51. The van der Waals surface area contributed by atoms with Crippen LogP contribution in [-0.2, 0) is 13.1 Å². The fourth-order valence-corrected chi connectivity index (χ4v) is 6.27. The molecule has 10 heteroatoms. The van der Waals surface area contributed by atoms with Crippen molar-refractivity contribution in [3.05, 3.63) is 57.8 Å². The van der Waals surface area contributed by atoms with Gasteiger partial charge in [-0.3, -0.25) is 9.69 Å². The van der Waals surface area contributed by atoms with Crippen molar-refractivity contribution in [2.75, 3.05) is 6.54 Å². The molecule has 1 unspecified atom stereocenters. The van der Waals surface area contributed by atoms with Crippen LogP contribution in [-0.4, -0.2) is 61.2 Å². The molecule has 2 aromatic heterocycles. The minimum Gasteiger partial charge on any atom is -0.486 e. The maximum Gasteiger partial charge on any atom is 0.258 e. The summed E-state index contributed by atoms with van der Waals surface area (Å²) >= 11 is 6.18. The first-order valence-electron chi connectivity index (χ1n) is 13.0. The highest BCUT2D eigenvalue weighted by atomic mass is 35.5. The molecule has 0 N–H and O–H groups in total. The Hall–Kier alpha value is -2.78. The van der Waals surface area contributed by atoms with Gasteiger partial charge in [-0.2, -0.15) is 5.10 Å². The van der Waals surface area contributed by atoms with Gasteiger partial charge in [0.2, 0.25) is 0 Å². The van der Waals surface area contributed by atoms with Crippen molar-refractivity contribution >= 4 is 23.2 Å². The van der Waals surface area contributed by atoms with Crippen molar-refractivity contribution in [1.82, 2.24) is 24.4 Å². The Morgan fingerprint density at radius 3 is 2.92 bits per heavy atom. The molecule has 2 bridgehead atoms. The minimum atomic E-state index is -1.19. The summed E-state index contributed by atoms with van der Waals surface area (Å²) in [5.41, 5.74) is 3.27. The van der Waals surface area contributed by atoms with Crippen molar-refractivity contribution in [3.8, 4) is 5.75 Å². The van der Waals surface area contributed by atoms with Crippen LogP contribution >= 0.6 is 11.6 Å². The number of hydrogen-bond donors (Lipinski definition) is 0. The van der Waals surface area contributed by atoms with Crippen LogP contribution in [0.2, 0.25) is 5.02 Å². The highest BCUT2D eigenvalue weighted by molar-refractivity contribution is 6.31. The van der Waals surface area contributed by atoms with Crippen LogP contribution in [0.15, 0.2) is 24.4 Å². The molecule has 196 valence electrons. The standard InChI is InChI=1S/C27H30ClF2N5O2/c1-3-4-9-34-17-6-8-22(34)25(30)24(11-17)37-23-10-16(29)5-7-18(23)27(36)33-13-19-21(14-33)32-35-15(2)20(28)12-31-26(19)35/h5,7,10,12,17,22,24-25H,3-4,6,8-9,11,13-14H2,1-2H3/t17-,22-,24+,25?/m0/s1.